The average Bonchev–Trinajstić information content (AvgIpc) is 2.76. The van der Waals surface area contributed by atoms with Gasteiger partial charge in [-0.2, -0.15) is 0 Å². The Balaban J connectivity index is 2.62. The van der Waals surface area contributed by atoms with Gasteiger partial charge in [0.1, 0.15) is 12.4 Å². The Morgan fingerprint density at radius 3 is 2.38 bits per heavy atom. The molecule has 1 aliphatic rings. The molecular weight excluding hydrogens is 278 g/mol. The van der Waals surface area contributed by atoms with Crippen molar-refractivity contribution in [3.63, 3.8) is 0 Å². The Morgan fingerprint density at radius 1 is 1.19 bits per heavy atom. The number of nitrogens with one attached hydrogen (secondary N) is 1. The topological polar surface area (TPSA) is 83.1 Å². The summed E-state index contributed by atoms with van der Waals surface area (Å²) >= 11 is 0. The maximum absolute atomic E-state index is 11.8. The van der Waals surface area contributed by atoms with E-state index < -0.39 is 11.7 Å². The Bertz CT molecular complexity index is 365. The summed E-state index contributed by atoms with van der Waals surface area (Å²) < 4.78 is 20.4. The molecule has 1 N–H and O–H groups in total. The van der Waals surface area contributed by atoms with Crippen molar-refractivity contribution in [2.75, 3.05) is 21.0 Å². The van der Waals surface area contributed by atoms with Gasteiger partial charge in [0, 0.05) is 7.11 Å². The van der Waals surface area contributed by atoms with Gasteiger partial charge in [0.15, 0.2) is 0 Å². The fourth-order valence-corrected chi connectivity index (χ4v) is 2.31. The van der Waals surface area contributed by atoms with Crippen LogP contribution in [0, 0.1) is 5.92 Å². The van der Waals surface area contributed by atoms with Crippen molar-refractivity contribution >= 4 is 12.1 Å². The number of ether oxygens (including phenoxy) is 4. The summed E-state index contributed by atoms with van der Waals surface area (Å²) in [4.78, 5) is 23.5. The van der Waals surface area contributed by atoms with E-state index in [-0.39, 0.29) is 30.8 Å². The van der Waals surface area contributed by atoms with Gasteiger partial charge in [-0.3, -0.25) is 4.79 Å². The first-order valence-electron chi connectivity index (χ1n) is 6.94. The summed E-state index contributed by atoms with van der Waals surface area (Å²) in [6.07, 6.45) is 0.113. The van der Waals surface area contributed by atoms with Crippen molar-refractivity contribution in [3.05, 3.63) is 0 Å². The minimum atomic E-state index is -0.576. The van der Waals surface area contributed by atoms with Crippen LogP contribution in [0.1, 0.15) is 33.6 Å². The quantitative estimate of drug-likeness (QED) is 0.611. The second kappa shape index (κ2) is 7.61. The summed E-state index contributed by atoms with van der Waals surface area (Å²) in [5, 5.41) is 2.75. The van der Waals surface area contributed by atoms with Crippen molar-refractivity contribution in [3.8, 4) is 0 Å². The van der Waals surface area contributed by atoms with Crippen molar-refractivity contribution in [2.45, 2.75) is 51.4 Å². The molecule has 122 valence electrons. The third-order valence-corrected chi connectivity index (χ3v) is 3.14. The number of carbonyl (C=O) groups excluding carboxylic acids is 2. The third kappa shape index (κ3) is 5.89. The molecule has 1 aliphatic carbocycles. The molecule has 1 saturated carbocycles. The van der Waals surface area contributed by atoms with Gasteiger partial charge in [0.25, 0.3) is 0 Å². The fourth-order valence-electron chi connectivity index (χ4n) is 2.31. The molecule has 0 aromatic rings. The van der Waals surface area contributed by atoms with Crippen molar-refractivity contribution in [1.29, 1.82) is 0 Å². The first-order valence-corrected chi connectivity index (χ1v) is 6.94. The lowest BCUT2D eigenvalue weighted by Crippen LogP contribution is -2.43. The number of hydrogen-bond donors (Lipinski definition) is 1. The number of hydrogen-bond acceptors (Lipinski definition) is 6. The molecule has 1 amide bonds. The molecule has 0 radical (unpaired) electrons. The highest BCUT2D eigenvalue weighted by atomic mass is 16.7. The Kier molecular flexibility index (Phi) is 6.42. The molecule has 0 heterocycles. The lowest BCUT2D eigenvalue weighted by Gasteiger charge is -2.24. The van der Waals surface area contributed by atoms with Gasteiger partial charge in [0.2, 0.25) is 0 Å². The van der Waals surface area contributed by atoms with Crippen molar-refractivity contribution in [2.24, 2.45) is 5.92 Å². The predicted octanol–water partition coefficient (Wildman–Crippen LogP) is 1.45. The Labute approximate surface area is 125 Å². The molecule has 1 rings (SSSR count). The maximum Gasteiger partial charge on any atom is 0.407 e. The second-order valence-corrected chi connectivity index (χ2v) is 6.06. The van der Waals surface area contributed by atoms with Gasteiger partial charge >= 0.3 is 12.1 Å². The van der Waals surface area contributed by atoms with Crippen molar-refractivity contribution < 1.29 is 28.5 Å². The second-order valence-electron chi connectivity index (χ2n) is 6.06. The summed E-state index contributed by atoms with van der Waals surface area (Å²) in [7, 11) is 2.87. The first-order chi connectivity index (χ1) is 9.76. The van der Waals surface area contributed by atoms with Gasteiger partial charge in [-0.15, -0.1) is 0 Å². The zero-order valence-electron chi connectivity index (χ0n) is 13.3. The average molecular weight is 303 g/mol. The Hall–Kier alpha value is -1.34. The lowest BCUT2D eigenvalue weighted by atomic mass is 10.1. The lowest BCUT2D eigenvalue weighted by molar-refractivity contribution is -0.145. The minimum Gasteiger partial charge on any atom is -0.469 e. The standard InChI is InChI=1S/C14H25NO6/c1-14(2,3)21-13(17)15-10-6-9(12(16)19-5)7-11(10)20-8-18-4/h9-11H,6-8H2,1-5H3,(H,15,17)/t9-,10+,11-/m0/s1. The van der Waals surface area contributed by atoms with Gasteiger partial charge in [-0.25, -0.2) is 4.79 Å². The largest absolute Gasteiger partial charge is 0.469 e. The smallest absolute Gasteiger partial charge is 0.407 e. The van der Waals surface area contributed by atoms with E-state index in [4.69, 9.17) is 18.9 Å². The molecule has 7 nitrogen and oxygen atoms in total. The van der Waals surface area contributed by atoms with E-state index in [0.717, 1.165) is 0 Å². The van der Waals surface area contributed by atoms with Crippen LogP contribution >= 0.6 is 0 Å². The molecule has 3 atom stereocenters. The first kappa shape index (κ1) is 17.7. The summed E-state index contributed by atoms with van der Waals surface area (Å²) in [5.74, 6) is -0.591. The third-order valence-electron chi connectivity index (χ3n) is 3.14. The molecule has 0 aromatic heterocycles. The van der Waals surface area contributed by atoms with E-state index in [0.29, 0.717) is 12.8 Å². The molecule has 0 spiro atoms. The fraction of sp³-hybridized carbons (Fsp3) is 0.857. The number of methoxy groups -OCH3 is 2. The number of alkyl carbamates (subject to hydrolysis) is 1. The van der Waals surface area contributed by atoms with Crippen LogP contribution in [-0.4, -0.2) is 50.8 Å². The van der Waals surface area contributed by atoms with Crippen LogP contribution < -0.4 is 5.32 Å². The zero-order chi connectivity index (χ0) is 16.0. The zero-order valence-corrected chi connectivity index (χ0v) is 13.3. The molecule has 0 saturated heterocycles. The van der Waals surface area contributed by atoms with Crippen LogP contribution in [0.5, 0.6) is 0 Å². The van der Waals surface area contributed by atoms with Crippen molar-refractivity contribution in [1.82, 2.24) is 5.32 Å². The normalized spacial score (nSPS) is 25.5. The summed E-state index contributed by atoms with van der Waals surface area (Å²) in [5.41, 5.74) is -0.576. The number of rotatable bonds is 5. The van der Waals surface area contributed by atoms with Crippen LogP contribution in [0.25, 0.3) is 0 Å². The highest BCUT2D eigenvalue weighted by Crippen LogP contribution is 2.29. The van der Waals surface area contributed by atoms with Gasteiger partial charge in [-0.1, -0.05) is 0 Å². The predicted molar refractivity (Wildman–Crippen MR) is 74.6 cm³/mol. The molecule has 1 fully saturated rings. The molecule has 21 heavy (non-hydrogen) atoms. The van der Waals surface area contributed by atoms with Crippen LogP contribution in [0.3, 0.4) is 0 Å². The monoisotopic (exact) mass is 303 g/mol. The van der Waals surface area contributed by atoms with Crippen LogP contribution in [0.15, 0.2) is 0 Å². The van der Waals surface area contributed by atoms with E-state index in [1.807, 2.05) is 0 Å². The highest BCUT2D eigenvalue weighted by Gasteiger charge is 2.40. The van der Waals surface area contributed by atoms with Gasteiger partial charge in [-0.05, 0) is 33.6 Å². The highest BCUT2D eigenvalue weighted by molar-refractivity contribution is 5.73. The molecule has 0 aromatic carbocycles. The Morgan fingerprint density at radius 2 is 1.86 bits per heavy atom. The van der Waals surface area contributed by atoms with Crippen LogP contribution in [0.2, 0.25) is 0 Å². The maximum atomic E-state index is 11.8. The minimum absolute atomic E-state index is 0.102. The van der Waals surface area contributed by atoms with Gasteiger partial charge in [0.05, 0.1) is 25.2 Å². The molecule has 0 aliphatic heterocycles. The van der Waals surface area contributed by atoms with E-state index in [9.17, 15) is 9.59 Å². The summed E-state index contributed by atoms with van der Waals surface area (Å²) in [6.45, 7) is 5.47. The molecule has 0 unspecified atom stereocenters. The summed E-state index contributed by atoms with van der Waals surface area (Å²) in [6, 6.07) is -0.306. The van der Waals surface area contributed by atoms with E-state index >= 15 is 0 Å². The van der Waals surface area contributed by atoms with Crippen LogP contribution in [-0.2, 0) is 23.7 Å². The molecular formula is C14H25NO6. The van der Waals surface area contributed by atoms with E-state index in [2.05, 4.69) is 5.32 Å². The van der Waals surface area contributed by atoms with Gasteiger partial charge < -0.3 is 24.3 Å². The van der Waals surface area contributed by atoms with E-state index in [1.54, 1.807) is 20.8 Å². The van der Waals surface area contributed by atoms with E-state index in [1.165, 1.54) is 14.2 Å². The SMILES string of the molecule is COCO[C@H]1C[C@@H](C(=O)OC)C[C@H]1NC(=O)OC(C)(C)C. The number of amides is 1. The van der Waals surface area contributed by atoms with Crippen LogP contribution in [0.4, 0.5) is 4.79 Å². The molecule has 7 heteroatoms. The molecule has 0 bridgehead atoms. The number of esters is 1. The number of carbonyl (C=O) groups is 2.